The number of hydrogen-bond acceptors (Lipinski definition) is 3. The van der Waals surface area contributed by atoms with Gasteiger partial charge in [-0.15, -0.1) is 0 Å². The third kappa shape index (κ3) is 9.39. The van der Waals surface area contributed by atoms with Crippen LogP contribution in [0.4, 0.5) is 0 Å². The first-order valence-electron chi connectivity index (χ1n) is 8.62. The molecule has 0 aromatic heterocycles. The average molecular weight is 322 g/mol. The van der Waals surface area contributed by atoms with Crippen LogP contribution < -0.4 is 10.6 Å². The van der Waals surface area contributed by atoms with E-state index >= 15 is 0 Å². The number of amidine groups is 1. The van der Waals surface area contributed by atoms with E-state index < -0.39 is 0 Å². The molecule has 0 spiro atoms. The minimum Gasteiger partial charge on any atom is -0.368 e. The van der Waals surface area contributed by atoms with Crippen molar-refractivity contribution < 1.29 is 0 Å². The highest BCUT2D eigenvalue weighted by Crippen LogP contribution is 2.28. The first kappa shape index (κ1) is 23.9. The molecular weight excluding hydrogens is 282 g/mol. The Balaban J connectivity index is 0. The number of rotatable bonds is 4. The molecule has 3 nitrogen and oxygen atoms in total. The van der Waals surface area contributed by atoms with Crippen molar-refractivity contribution in [1.82, 2.24) is 10.6 Å². The standard InChI is InChI=1S/C10H14N2.C8H19N.C2H6/c1-3-5-9(6-4-2)10-11-7-8-12-10;1-7(2,3)8(4,5)9-6;1-2/h3-6H,1,7-8H2,2H3,(H,11,12);9H,1-6H3;1-2H3/b6-4-,9-5+;;. The molecule has 0 unspecified atom stereocenters. The molecule has 0 atom stereocenters. The second-order valence-corrected chi connectivity index (χ2v) is 6.64. The molecule has 0 saturated carbocycles. The summed E-state index contributed by atoms with van der Waals surface area (Å²) in [4.78, 5) is 4.31. The molecule has 0 aromatic carbocycles. The van der Waals surface area contributed by atoms with Crippen molar-refractivity contribution in [3.05, 3.63) is 36.5 Å². The number of nitrogens with zero attached hydrogens (tertiary/aromatic N) is 1. The van der Waals surface area contributed by atoms with Crippen molar-refractivity contribution in [1.29, 1.82) is 0 Å². The fourth-order valence-electron chi connectivity index (χ4n) is 1.49. The highest BCUT2D eigenvalue weighted by atomic mass is 15.1. The Hall–Kier alpha value is -1.35. The first-order valence-corrected chi connectivity index (χ1v) is 8.62. The second-order valence-electron chi connectivity index (χ2n) is 6.64. The molecule has 1 heterocycles. The van der Waals surface area contributed by atoms with Gasteiger partial charge in [-0.3, -0.25) is 4.99 Å². The summed E-state index contributed by atoms with van der Waals surface area (Å²) in [5.41, 5.74) is 1.67. The summed E-state index contributed by atoms with van der Waals surface area (Å²) >= 11 is 0. The maximum atomic E-state index is 4.31. The summed E-state index contributed by atoms with van der Waals surface area (Å²) in [6.45, 7) is 22.6. The molecule has 0 aliphatic carbocycles. The molecular formula is C20H39N3. The molecule has 0 aromatic rings. The minimum atomic E-state index is 0.229. The maximum Gasteiger partial charge on any atom is 0.128 e. The van der Waals surface area contributed by atoms with E-state index in [0.29, 0.717) is 5.41 Å². The molecule has 0 bridgehead atoms. The number of aliphatic imine (C=N–C) groups is 1. The summed E-state index contributed by atoms with van der Waals surface area (Å²) in [5.74, 6) is 0.980. The van der Waals surface area contributed by atoms with Crippen LogP contribution in [0.2, 0.25) is 0 Å². The highest BCUT2D eigenvalue weighted by molar-refractivity contribution is 6.01. The average Bonchev–Trinajstić information content (AvgIpc) is 3.03. The Bertz CT molecular complexity index is 407. The summed E-state index contributed by atoms with van der Waals surface area (Å²) < 4.78 is 0. The number of allylic oxidation sites excluding steroid dienone is 3. The van der Waals surface area contributed by atoms with Gasteiger partial charge in [0.1, 0.15) is 5.84 Å². The van der Waals surface area contributed by atoms with Crippen LogP contribution in [-0.2, 0) is 0 Å². The van der Waals surface area contributed by atoms with Gasteiger partial charge in [0.05, 0.1) is 6.54 Å². The Labute approximate surface area is 145 Å². The van der Waals surface area contributed by atoms with Gasteiger partial charge >= 0.3 is 0 Å². The summed E-state index contributed by atoms with van der Waals surface area (Å²) in [6.07, 6.45) is 7.76. The lowest BCUT2D eigenvalue weighted by atomic mass is 9.76. The summed E-state index contributed by atoms with van der Waals surface area (Å²) in [7, 11) is 2.01. The van der Waals surface area contributed by atoms with Crippen LogP contribution in [0.15, 0.2) is 41.4 Å². The fourth-order valence-corrected chi connectivity index (χ4v) is 1.49. The zero-order chi connectivity index (χ0) is 18.5. The zero-order valence-corrected chi connectivity index (χ0v) is 16.9. The van der Waals surface area contributed by atoms with E-state index in [9.17, 15) is 0 Å². The van der Waals surface area contributed by atoms with Crippen LogP contribution in [-0.4, -0.2) is 31.5 Å². The summed E-state index contributed by atoms with van der Waals surface area (Å²) in [5, 5.41) is 6.49. The predicted molar refractivity (Wildman–Crippen MR) is 107 cm³/mol. The molecule has 0 fully saturated rings. The normalized spacial score (nSPS) is 15.0. The van der Waals surface area contributed by atoms with Gasteiger partial charge in [0, 0.05) is 17.7 Å². The monoisotopic (exact) mass is 321 g/mol. The molecule has 0 amide bonds. The third-order valence-corrected chi connectivity index (χ3v) is 4.09. The highest BCUT2D eigenvalue weighted by Gasteiger charge is 2.30. The van der Waals surface area contributed by atoms with Gasteiger partial charge in [-0.1, -0.05) is 65.5 Å². The maximum absolute atomic E-state index is 4.31. The SMILES string of the molecule is C=C/C=C(\C=C/C)C1=NCCN1.CC.CNC(C)(C)C(C)(C)C. The van der Waals surface area contributed by atoms with Crippen molar-refractivity contribution in [3.8, 4) is 0 Å². The molecule has 2 N–H and O–H groups in total. The van der Waals surface area contributed by atoms with E-state index in [2.05, 4.69) is 56.8 Å². The molecule has 134 valence electrons. The molecule has 1 rings (SSSR count). The van der Waals surface area contributed by atoms with Crippen LogP contribution in [0.1, 0.15) is 55.4 Å². The quantitative estimate of drug-likeness (QED) is 0.734. The van der Waals surface area contributed by atoms with E-state index in [4.69, 9.17) is 0 Å². The van der Waals surface area contributed by atoms with Crippen LogP contribution >= 0.6 is 0 Å². The molecule has 23 heavy (non-hydrogen) atoms. The minimum absolute atomic E-state index is 0.229. The van der Waals surface area contributed by atoms with Crippen molar-refractivity contribution in [2.75, 3.05) is 20.1 Å². The molecule has 1 aliphatic heterocycles. The van der Waals surface area contributed by atoms with Gasteiger partial charge in [-0.05, 0) is 33.2 Å². The van der Waals surface area contributed by atoms with E-state index in [1.807, 2.05) is 46.0 Å². The first-order chi connectivity index (χ1) is 10.7. The topological polar surface area (TPSA) is 36.4 Å². The van der Waals surface area contributed by atoms with Gasteiger partial charge < -0.3 is 10.6 Å². The lowest BCUT2D eigenvalue weighted by Crippen LogP contribution is -2.47. The Kier molecular flexibility index (Phi) is 12.6. The van der Waals surface area contributed by atoms with E-state index in [1.54, 1.807) is 6.08 Å². The van der Waals surface area contributed by atoms with Crippen LogP contribution in [0.25, 0.3) is 0 Å². The van der Waals surface area contributed by atoms with Crippen molar-refractivity contribution >= 4 is 5.84 Å². The molecule has 1 aliphatic rings. The Morgan fingerprint density at radius 3 is 2.04 bits per heavy atom. The van der Waals surface area contributed by atoms with E-state index in [1.165, 1.54) is 0 Å². The molecule has 3 heteroatoms. The third-order valence-electron chi connectivity index (χ3n) is 4.09. The summed E-state index contributed by atoms with van der Waals surface area (Å²) in [6, 6.07) is 0. The zero-order valence-electron chi connectivity index (χ0n) is 16.9. The van der Waals surface area contributed by atoms with E-state index in [-0.39, 0.29) is 5.54 Å². The lowest BCUT2D eigenvalue weighted by Gasteiger charge is -2.38. The van der Waals surface area contributed by atoms with Crippen molar-refractivity contribution in [2.45, 2.75) is 60.9 Å². The van der Waals surface area contributed by atoms with Crippen LogP contribution in [0.5, 0.6) is 0 Å². The van der Waals surface area contributed by atoms with Crippen molar-refractivity contribution in [3.63, 3.8) is 0 Å². The Morgan fingerprint density at radius 1 is 1.22 bits per heavy atom. The van der Waals surface area contributed by atoms with Gasteiger partial charge in [-0.25, -0.2) is 0 Å². The van der Waals surface area contributed by atoms with Crippen LogP contribution in [0.3, 0.4) is 0 Å². The van der Waals surface area contributed by atoms with Gasteiger partial charge in [0.2, 0.25) is 0 Å². The molecule has 0 saturated heterocycles. The van der Waals surface area contributed by atoms with Gasteiger partial charge in [-0.2, -0.15) is 0 Å². The number of nitrogens with one attached hydrogen (secondary N) is 2. The molecule has 0 radical (unpaired) electrons. The largest absolute Gasteiger partial charge is 0.368 e. The van der Waals surface area contributed by atoms with Crippen LogP contribution in [0, 0.1) is 5.41 Å². The predicted octanol–water partition coefficient (Wildman–Crippen LogP) is 4.73. The Morgan fingerprint density at radius 2 is 1.78 bits per heavy atom. The van der Waals surface area contributed by atoms with Gasteiger partial charge in [0.25, 0.3) is 0 Å². The second kappa shape index (κ2) is 12.1. The van der Waals surface area contributed by atoms with E-state index in [0.717, 1.165) is 24.5 Å². The smallest absolute Gasteiger partial charge is 0.128 e. The fraction of sp³-hybridized carbons (Fsp3) is 0.650. The van der Waals surface area contributed by atoms with Crippen molar-refractivity contribution in [2.24, 2.45) is 10.4 Å². The number of hydrogen-bond donors (Lipinski definition) is 2. The lowest BCUT2D eigenvalue weighted by molar-refractivity contribution is 0.189. The van der Waals surface area contributed by atoms with Gasteiger partial charge in [0.15, 0.2) is 0 Å².